The molecule has 0 unspecified atom stereocenters. The van der Waals surface area contributed by atoms with Crippen molar-refractivity contribution < 1.29 is 14.3 Å². The minimum Gasteiger partial charge on any atom is -0.495 e. The van der Waals surface area contributed by atoms with Gasteiger partial charge in [-0.3, -0.25) is 9.59 Å². The van der Waals surface area contributed by atoms with Gasteiger partial charge < -0.3 is 19.9 Å². The highest BCUT2D eigenvalue weighted by molar-refractivity contribution is 6.30. The number of carbonyl (C=O) groups is 2. The SMILES string of the molecule is CNC(=O)c1cccc(-c2ccccc2N2CCN(C(=O)c3ccc(Cl)cc3)CC2)c1OC. The number of nitrogens with zero attached hydrogens (tertiary/aromatic N) is 2. The molecule has 6 nitrogen and oxygen atoms in total. The number of ether oxygens (including phenoxy) is 1. The molecule has 7 heteroatoms. The minimum absolute atomic E-state index is 0.0135. The maximum Gasteiger partial charge on any atom is 0.254 e. The van der Waals surface area contributed by atoms with Crippen molar-refractivity contribution in [3.63, 3.8) is 0 Å². The molecule has 1 aliphatic heterocycles. The lowest BCUT2D eigenvalue weighted by atomic mass is 9.98. The Morgan fingerprint density at radius 2 is 1.55 bits per heavy atom. The van der Waals surface area contributed by atoms with E-state index in [4.69, 9.17) is 16.3 Å². The van der Waals surface area contributed by atoms with Gasteiger partial charge in [-0.25, -0.2) is 0 Å². The molecule has 33 heavy (non-hydrogen) atoms. The Hall–Kier alpha value is -3.51. The monoisotopic (exact) mass is 463 g/mol. The second-order valence-electron chi connectivity index (χ2n) is 7.77. The molecule has 0 radical (unpaired) electrons. The van der Waals surface area contributed by atoms with Crippen LogP contribution in [0.4, 0.5) is 5.69 Å². The van der Waals surface area contributed by atoms with Crippen molar-refractivity contribution >= 4 is 29.1 Å². The van der Waals surface area contributed by atoms with Gasteiger partial charge in [0.15, 0.2) is 0 Å². The van der Waals surface area contributed by atoms with Crippen LogP contribution in [0.5, 0.6) is 5.75 Å². The Kier molecular flexibility index (Phi) is 6.84. The summed E-state index contributed by atoms with van der Waals surface area (Å²) in [6, 6.07) is 20.7. The molecule has 0 atom stereocenters. The number of anilines is 1. The Bertz CT molecular complexity index is 1160. The minimum atomic E-state index is -0.194. The predicted octanol–water partition coefficient (Wildman–Crippen LogP) is 4.34. The molecule has 1 N–H and O–H groups in total. The standard InChI is InChI=1S/C26H26ClN3O3/c1-28-25(31)22-8-5-7-21(24(22)33-2)20-6-3-4-9-23(20)29-14-16-30(17-15-29)26(32)18-10-12-19(27)13-11-18/h3-13H,14-17H2,1-2H3,(H,28,31). The van der Waals surface area contributed by atoms with Gasteiger partial charge in [0.2, 0.25) is 0 Å². The number of rotatable bonds is 5. The van der Waals surface area contributed by atoms with Gasteiger partial charge >= 0.3 is 0 Å². The van der Waals surface area contributed by atoms with Crippen LogP contribution in [0.3, 0.4) is 0 Å². The summed E-state index contributed by atoms with van der Waals surface area (Å²) in [7, 11) is 3.18. The molecule has 170 valence electrons. The third kappa shape index (κ3) is 4.66. The van der Waals surface area contributed by atoms with Gasteiger partial charge in [0.25, 0.3) is 11.8 Å². The van der Waals surface area contributed by atoms with Crippen LogP contribution in [-0.2, 0) is 0 Å². The fourth-order valence-electron chi connectivity index (χ4n) is 4.19. The van der Waals surface area contributed by atoms with Crippen molar-refractivity contribution in [1.82, 2.24) is 10.2 Å². The second-order valence-corrected chi connectivity index (χ2v) is 8.21. The van der Waals surface area contributed by atoms with E-state index in [0.717, 1.165) is 16.8 Å². The maximum atomic E-state index is 12.9. The fourth-order valence-corrected chi connectivity index (χ4v) is 4.31. The second kappa shape index (κ2) is 9.96. The average Bonchev–Trinajstić information content (AvgIpc) is 2.88. The molecule has 0 aromatic heterocycles. The molecule has 1 fully saturated rings. The summed E-state index contributed by atoms with van der Waals surface area (Å²) >= 11 is 5.95. The molecular formula is C26H26ClN3O3. The fraction of sp³-hybridized carbons (Fsp3) is 0.231. The van der Waals surface area contributed by atoms with Crippen LogP contribution in [-0.4, -0.2) is 57.1 Å². The van der Waals surface area contributed by atoms with Crippen LogP contribution in [0, 0.1) is 0 Å². The number of methoxy groups -OCH3 is 1. The van der Waals surface area contributed by atoms with E-state index >= 15 is 0 Å². The molecule has 0 saturated carbocycles. The molecule has 1 saturated heterocycles. The quantitative estimate of drug-likeness (QED) is 0.611. The van der Waals surface area contributed by atoms with Crippen LogP contribution in [0.1, 0.15) is 20.7 Å². The molecule has 2 amide bonds. The van der Waals surface area contributed by atoms with E-state index in [2.05, 4.69) is 16.3 Å². The summed E-state index contributed by atoms with van der Waals surface area (Å²) in [4.78, 5) is 29.4. The van der Waals surface area contributed by atoms with E-state index in [9.17, 15) is 9.59 Å². The topological polar surface area (TPSA) is 61.9 Å². The van der Waals surface area contributed by atoms with Crippen molar-refractivity contribution in [3.8, 4) is 16.9 Å². The molecule has 0 aliphatic carbocycles. The number of nitrogens with one attached hydrogen (secondary N) is 1. The number of para-hydroxylation sites is 2. The van der Waals surface area contributed by atoms with Gasteiger partial charge in [-0.15, -0.1) is 0 Å². The Morgan fingerprint density at radius 3 is 2.21 bits per heavy atom. The van der Waals surface area contributed by atoms with Gasteiger partial charge in [0, 0.05) is 60.6 Å². The maximum absolute atomic E-state index is 12.9. The lowest BCUT2D eigenvalue weighted by molar-refractivity contribution is 0.0746. The molecule has 0 spiro atoms. The largest absolute Gasteiger partial charge is 0.495 e. The van der Waals surface area contributed by atoms with E-state index in [1.165, 1.54) is 0 Å². The Balaban J connectivity index is 1.58. The number of hydrogen-bond acceptors (Lipinski definition) is 4. The highest BCUT2D eigenvalue weighted by Crippen LogP contribution is 2.39. The van der Waals surface area contributed by atoms with Crippen molar-refractivity contribution in [3.05, 3.63) is 82.9 Å². The normalized spacial score (nSPS) is 13.5. The lowest BCUT2D eigenvalue weighted by Crippen LogP contribution is -2.48. The third-order valence-corrected chi connectivity index (χ3v) is 6.14. The first-order valence-corrected chi connectivity index (χ1v) is 11.2. The van der Waals surface area contributed by atoms with Gasteiger partial charge in [0.05, 0.1) is 12.7 Å². The number of amides is 2. The predicted molar refractivity (Wildman–Crippen MR) is 131 cm³/mol. The van der Waals surface area contributed by atoms with Crippen molar-refractivity contribution in [1.29, 1.82) is 0 Å². The Morgan fingerprint density at radius 1 is 0.879 bits per heavy atom. The first-order valence-electron chi connectivity index (χ1n) is 10.8. The summed E-state index contributed by atoms with van der Waals surface area (Å²) in [6.07, 6.45) is 0. The number of piperazine rings is 1. The van der Waals surface area contributed by atoms with Gasteiger partial charge in [0.1, 0.15) is 5.75 Å². The summed E-state index contributed by atoms with van der Waals surface area (Å²) in [5, 5.41) is 3.29. The molecule has 3 aromatic carbocycles. The molecule has 4 rings (SSSR count). The smallest absolute Gasteiger partial charge is 0.254 e. The zero-order chi connectivity index (χ0) is 23.4. The molecule has 1 heterocycles. The molecule has 1 aliphatic rings. The van der Waals surface area contributed by atoms with Crippen LogP contribution < -0.4 is 15.0 Å². The van der Waals surface area contributed by atoms with Crippen LogP contribution >= 0.6 is 11.6 Å². The number of benzene rings is 3. The summed E-state index contributed by atoms with van der Waals surface area (Å²) < 4.78 is 5.66. The third-order valence-electron chi connectivity index (χ3n) is 5.88. The highest BCUT2D eigenvalue weighted by atomic mass is 35.5. The van der Waals surface area contributed by atoms with Crippen molar-refractivity contribution in [2.45, 2.75) is 0 Å². The van der Waals surface area contributed by atoms with Crippen LogP contribution in [0.2, 0.25) is 5.02 Å². The number of carbonyl (C=O) groups excluding carboxylic acids is 2. The zero-order valence-corrected chi connectivity index (χ0v) is 19.4. The number of halogens is 1. The van der Waals surface area contributed by atoms with Gasteiger partial charge in [-0.2, -0.15) is 0 Å². The Labute approximate surface area is 198 Å². The molecule has 0 bridgehead atoms. The van der Waals surface area contributed by atoms with Gasteiger partial charge in [-0.05, 0) is 36.4 Å². The molecular weight excluding hydrogens is 438 g/mol. The van der Waals surface area contributed by atoms with E-state index in [1.54, 1.807) is 44.5 Å². The summed E-state index contributed by atoms with van der Waals surface area (Å²) in [5.41, 5.74) is 4.02. The zero-order valence-electron chi connectivity index (χ0n) is 18.7. The average molecular weight is 464 g/mol. The van der Waals surface area contributed by atoms with E-state index < -0.39 is 0 Å². The van der Waals surface area contributed by atoms with Crippen LogP contribution in [0.15, 0.2) is 66.7 Å². The van der Waals surface area contributed by atoms with E-state index in [0.29, 0.717) is 48.1 Å². The summed E-state index contributed by atoms with van der Waals surface area (Å²) in [6.45, 7) is 2.64. The lowest BCUT2D eigenvalue weighted by Gasteiger charge is -2.37. The van der Waals surface area contributed by atoms with Crippen LogP contribution in [0.25, 0.3) is 11.1 Å². The first kappa shape index (κ1) is 22.7. The van der Waals surface area contributed by atoms with E-state index in [-0.39, 0.29) is 11.8 Å². The highest BCUT2D eigenvalue weighted by Gasteiger charge is 2.25. The van der Waals surface area contributed by atoms with Gasteiger partial charge in [-0.1, -0.05) is 41.9 Å². The summed E-state index contributed by atoms with van der Waals surface area (Å²) in [5.74, 6) is 0.362. The van der Waals surface area contributed by atoms with E-state index in [1.807, 2.05) is 35.2 Å². The van der Waals surface area contributed by atoms with Crippen molar-refractivity contribution in [2.75, 3.05) is 45.2 Å². The van der Waals surface area contributed by atoms with Crippen molar-refractivity contribution in [2.24, 2.45) is 0 Å². The first-order chi connectivity index (χ1) is 16.0. The molecule has 3 aromatic rings. The number of hydrogen-bond donors (Lipinski definition) is 1.